The molecule has 0 unspecified atom stereocenters. The van der Waals surface area contributed by atoms with Gasteiger partial charge in [-0.05, 0) is 18.8 Å². The Labute approximate surface area is 83.9 Å². The molecule has 0 aromatic carbocycles. The van der Waals surface area contributed by atoms with E-state index in [0.717, 1.165) is 18.2 Å². The Kier molecular flexibility index (Phi) is 3.14. The largest absolute Gasteiger partial charge is 0.424 e. The summed E-state index contributed by atoms with van der Waals surface area (Å²) in [5.74, 6) is 2.06. The first-order valence-corrected chi connectivity index (χ1v) is 5.40. The third kappa shape index (κ3) is 2.32. The summed E-state index contributed by atoms with van der Waals surface area (Å²) in [5.41, 5.74) is 5.40. The third-order valence-electron chi connectivity index (χ3n) is 2.87. The Morgan fingerprint density at radius 1 is 1.14 bits per heavy atom. The first-order valence-electron chi connectivity index (χ1n) is 5.40. The molecule has 0 amide bonds. The van der Waals surface area contributed by atoms with Crippen molar-refractivity contribution in [3.8, 4) is 0 Å². The molecule has 1 aliphatic rings. The van der Waals surface area contributed by atoms with Gasteiger partial charge in [-0.3, -0.25) is 0 Å². The average Bonchev–Trinajstić information content (AvgIpc) is 2.67. The lowest BCUT2D eigenvalue weighted by Gasteiger charge is -2.19. The van der Waals surface area contributed by atoms with Gasteiger partial charge in [0, 0.05) is 6.42 Å². The fourth-order valence-electron chi connectivity index (χ4n) is 2.09. The van der Waals surface area contributed by atoms with Crippen LogP contribution in [-0.4, -0.2) is 10.2 Å². The van der Waals surface area contributed by atoms with Crippen LogP contribution in [-0.2, 0) is 13.0 Å². The molecule has 0 bridgehead atoms. The minimum absolute atomic E-state index is 0.345. The van der Waals surface area contributed by atoms with Gasteiger partial charge in [0.15, 0.2) is 0 Å². The molecule has 0 radical (unpaired) electrons. The molecule has 4 heteroatoms. The maximum atomic E-state index is 5.40. The minimum atomic E-state index is 0.345. The third-order valence-corrected chi connectivity index (χ3v) is 2.87. The predicted molar refractivity (Wildman–Crippen MR) is 52.5 cm³/mol. The summed E-state index contributed by atoms with van der Waals surface area (Å²) in [6.45, 7) is 0.345. The van der Waals surface area contributed by atoms with Gasteiger partial charge < -0.3 is 10.2 Å². The summed E-state index contributed by atoms with van der Waals surface area (Å²) in [6.07, 6.45) is 7.63. The van der Waals surface area contributed by atoms with Crippen LogP contribution in [0.5, 0.6) is 0 Å². The first kappa shape index (κ1) is 9.65. The van der Waals surface area contributed by atoms with Gasteiger partial charge in [0.2, 0.25) is 11.8 Å². The van der Waals surface area contributed by atoms with Crippen LogP contribution in [0.1, 0.15) is 43.9 Å². The lowest BCUT2D eigenvalue weighted by Crippen LogP contribution is -2.09. The van der Waals surface area contributed by atoms with E-state index in [1.807, 2.05) is 0 Å². The van der Waals surface area contributed by atoms with Crippen molar-refractivity contribution in [3.05, 3.63) is 11.8 Å². The fourth-order valence-corrected chi connectivity index (χ4v) is 2.09. The van der Waals surface area contributed by atoms with Crippen LogP contribution in [0.3, 0.4) is 0 Å². The Balaban J connectivity index is 1.89. The second-order valence-electron chi connectivity index (χ2n) is 4.00. The van der Waals surface area contributed by atoms with Crippen LogP contribution in [0.25, 0.3) is 0 Å². The molecule has 0 aliphatic heterocycles. The van der Waals surface area contributed by atoms with Crippen molar-refractivity contribution in [2.75, 3.05) is 0 Å². The molecule has 0 spiro atoms. The summed E-state index contributed by atoms with van der Waals surface area (Å²) >= 11 is 0. The predicted octanol–water partition coefficient (Wildman–Crippen LogP) is 1.65. The van der Waals surface area contributed by atoms with E-state index in [1.165, 1.54) is 32.1 Å². The normalized spacial score (nSPS) is 18.6. The number of hydrogen-bond donors (Lipinski definition) is 1. The molecule has 1 saturated carbocycles. The van der Waals surface area contributed by atoms with E-state index >= 15 is 0 Å². The van der Waals surface area contributed by atoms with Crippen molar-refractivity contribution in [2.24, 2.45) is 11.7 Å². The molecule has 2 rings (SSSR count). The Bertz CT molecular complexity index is 279. The van der Waals surface area contributed by atoms with Crippen LogP contribution in [0.15, 0.2) is 4.42 Å². The molecule has 1 aromatic heterocycles. The van der Waals surface area contributed by atoms with E-state index in [9.17, 15) is 0 Å². The lowest BCUT2D eigenvalue weighted by molar-refractivity contribution is 0.324. The van der Waals surface area contributed by atoms with Crippen LogP contribution in [0.4, 0.5) is 0 Å². The monoisotopic (exact) mass is 195 g/mol. The maximum Gasteiger partial charge on any atom is 0.230 e. The molecule has 1 heterocycles. The summed E-state index contributed by atoms with van der Waals surface area (Å²) in [7, 11) is 0. The standard InChI is InChI=1S/C10H17N3O/c11-7-10-13-12-9(14-10)6-8-4-2-1-3-5-8/h8H,1-7,11H2. The van der Waals surface area contributed by atoms with E-state index in [0.29, 0.717) is 12.4 Å². The number of hydrogen-bond acceptors (Lipinski definition) is 4. The van der Waals surface area contributed by atoms with Crippen LogP contribution >= 0.6 is 0 Å². The number of aromatic nitrogens is 2. The van der Waals surface area contributed by atoms with Crippen molar-refractivity contribution in [3.63, 3.8) is 0 Å². The molecule has 0 atom stereocenters. The lowest BCUT2D eigenvalue weighted by atomic mass is 9.87. The van der Waals surface area contributed by atoms with E-state index in [1.54, 1.807) is 0 Å². The molecular weight excluding hydrogens is 178 g/mol. The molecule has 1 fully saturated rings. The molecule has 0 saturated heterocycles. The fraction of sp³-hybridized carbons (Fsp3) is 0.800. The zero-order chi connectivity index (χ0) is 9.80. The highest BCUT2D eigenvalue weighted by molar-refractivity contribution is 4.84. The van der Waals surface area contributed by atoms with Crippen LogP contribution in [0, 0.1) is 5.92 Å². The highest BCUT2D eigenvalue weighted by Gasteiger charge is 2.16. The second-order valence-corrected chi connectivity index (χ2v) is 4.00. The molecule has 78 valence electrons. The molecular formula is C10H17N3O. The van der Waals surface area contributed by atoms with Crippen molar-refractivity contribution in [1.82, 2.24) is 10.2 Å². The van der Waals surface area contributed by atoms with Crippen molar-refractivity contribution < 1.29 is 4.42 Å². The Morgan fingerprint density at radius 3 is 2.50 bits per heavy atom. The van der Waals surface area contributed by atoms with Gasteiger partial charge >= 0.3 is 0 Å². The highest BCUT2D eigenvalue weighted by atomic mass is 16.4. The Morgan fingerprint density at radius 2 is 1.86 bits per heavy atom. The smallest absolute Gasteiger partial charge is 0.230 e. The molecule has 4 nitrogen and oxygen atoms in total. The highest BCUT2D eigenvalue weighted by Crippen LogP contribution is 2.26. The van der Waals surface area contributed by atoms with E-state index < -0.39 is 0 Å². The molecule has 14 heavy (non-hydrogen) atoms. The Hall–Kier alpha value is -0.900. The first-order chi connectivity index (χ1) is 6.88. The molecule has 1 aliphatic carbocycles. The van der Waals surface area contributed by atoms with Crippen molar-refractivity contribution in [2.45, 2.75) is 45.1 Å². The van der Waals surface area contributed by atoms with Crippen LogP contribution < -0.4 is 5.73 Å². The topological polar surface area (TPSA) is 64.9 Å². The van der Waals surface area contributed by atoms with Crippen molar-refractivity contribution >= 4 is 0 Å². The minimum Gasteiger partial charge on any atom is -0.424 e. The van der Waals surface area contributed by atoms with Gasteiger partial charge in [0.1, 0.15) is 0 Å². The SMILES string of the molecule is NCc1nnc(CC2CCCCC2)o1. The molecule has 2 N–H and O–H groups in total. The number of nitrogens with two attached hydrogens (primary N) is 1. The van der Waals surface area contributed by atoms with Gasteiger partial charge in [0.05, 0.1) is 6.54 Å². The van der Waals surface area contributed by atoms with Crippen LogP contribution in [0.2, 0.25) is 0 Å². The van der Waals surface area contributed by atoms with E-state index in [2.05, 4.69) is 10.2 Å². The van der Waals surface area contributed by atoms with E-state index in [-0.39, 0.29) is 0 Å². The quantitative estimate of drug-likeness (QED) is 0.796. The zero-order valence-corrected chi connectivity index (χ0v) is 8.41. The second kappa shape index (κ2) is 4.55. The van der Waals surface area contributed by atoms with Crippen molar-refractivity contribution in [1.29, 1.82) is 0 Å². The van der Waals surface area contributed by atoms with Gasteiger partial charge in [-0.2, -0.15) is 0 Å². The number of nitrogens with zero attached hydrogens (tertiary/aromatic N) is 2. The summed E-state index contributed by atoms with van der Waals surface area (Å²) in [4.78, 5) is 0. The summed E-state index contributed by atoms with van der Waals surface area (Å²) < 4.78 is 5.39. The number of rotatable bonds is 3. The summed E-state index contributed by atoms with van der Waals surface area (Å²) in [5, 5.41) is 7.84. The van der Waals surface area contributed by atoms with Gasteiger partial charge in [-0.25, -0.2) is 0 Å². The average molecular weight is 195 g/mol. The summed E-state index contributed by atoms with van der Waals surface area (Å²) in [6, 6.07) is 0. The van der Waals surface area contributed by atoms with E-state index in [4.69, 9.17) is 10.2 Å². The molecule has 1 aromatic rings. The van der Waals surface area contributed by atoms with Gasteiger partial charge in [0.25, 0.3) is 0 Å². The zero-order valence-electron chi connectivity index (χ0n) is 8.41. The maximum absolute atomic E-state index is 5.40. The van der Waals surface area contributed by atoms with Gasteiger partial charge in [-0.1, -0.05) is 19.3 Å². The van der Waals surface area contributed by atoms with Gasteiger partial charge in [-0.15, -0.1) is 10.2 Å².